The molecule has 0 aromatic heterocycles. The van der Waals surface area contributed by atoms with Gasteiger partial charge in [0, 0.05) is 26.3 Å². The van der Waals surface area contributed by atoms with E-state index in [1.54, 1.807) is 25.3 Å². The standard InChI is InChI=1S/C13H19NO5/c1-16-5-4-14-7-10(15)8-17-11-2-3-12-13(6-11)19-9-18-12/h2-3,6,10,14-15H,4-5,7-9H2,1H3. The third-order valence-electron chi connectivity index (χ3n) is 2.65. The number of nitrogens with one attached hydrogen (secondary N) is 1. The number of hydrogen-bond donors (Lipinski definition) is 2. The van der Waals surface area contributed by atoms with Crippen LogP contribution in [0.1, 0.15) is 0 Å². The number of ether oxygens (including phenoxy) is 4. The fourth-order valence-electron chi connectivity index (χ4n) is 1.66. The first kappa shape index (κ1) is 13.9. The van der Waals surface area contributed by atoms with Crippen molar-refractivity contribution in [3.63, 3.8) is 0 Å². The van der Waals surface area contributed by atoms with Crippen molar-refractivity contribution in [2.24, 2.45) is 0 Å². The highest BCUT2D eigenvalue weighted by Crippen LogP contribution is 2.35. The average molecular weight is 269 g/mol. The molecular weight excluding hydrogens is 250 g/mol. The second kappa shape index (κ2) is 7.18. The monoisotopic (exact) mass is 269 g/mol. The number of hydrogen-bond acceptors (Lipinski definition) is 6. The number of aliphatic hydroxyl groups excluding tert-OH is 1. The van der Waals surface area contributed by atoms with E-state index < -0.39 is 6.10 Å². The van der Waals surface area contributed by atoms with E-state index in [0.29, 0.717) is 36.9 Å². The molecule has 0 aliphatic carbocycles. The van der Waals surface area contributed by atoms with Crippen molar-refractivity contribution in [1.29, 1.82) is 0 Å². The number of methoxy groups -OCH3 is 1. The van der Waals surface area contributed by atoms with Gasteiger partial charge in [-0.1, -0.05) is 0 Å². The molecule has 19 heavy (non-hydrogen) atoms. The van der Waals surface area contributed by atoms with E-state index in [1.807, 2.05) is 0 Å². The molecule has 1 aliphatic rings. The molecule has 2 N–H and O–H groups in total. The Hall–Kier alpha value is -1.50. The molecule has 1 unspecified atom stereocenters. The van der Waals surface area contributed by atoms with Gasteiger partial charge in [0.25, 0.3) is 0 Å². The minimum absolute atomic E-state index is 0.222. The lowest BCUT2D eigenvalue weighted by molar-refractivity contribution is 0.103. The summed E-state index contributed by atoms with van der Waals surface area (Å²) in [6.07, 6.45) is -0.567. The smallest absolute Gasteiger partial charge is 0.231 e. The Morgan fingerprint density at radius 1 is 1.37 bits per heavy atom. The van der Waals surface area contributed by atoms with Crippen LogP contribution in [0.5, 0.6) is 17.2 Å². The second-order valence-electron chi connectivity index (χ2n) is 4.18. The summed E-state index contributed by atoms with van der Waals surface area (Å²) in [6.45, 7) is 2.26. The summed E-state index contributed by atoms with van der Waals surface area (Å²) in [5.41, 5.74) is 0. The number of fused-ring (bicyclic) bond motifs is 1. The molecule has 106 valence electrons. The molecule has 0 fully saturated rings. The maximum Gasteiger partial charge on any atom is 0.231 e. The zero-order valence-electron chi connectivity index (χ0n) is 10.9. The topological polar surface area (TPSA) is 69.2 Å². The molecule has 0 spiro atoms. The van der Waals surface area contributed by atoms with Crippen LogP contribution in [0.15, 0.2) is 18.2 Å². The third-order valence-corrected chi connectivity index (χ3v) is 2.65. The van der Waals surface area contributed by atoms with Gasteiger partial charge in [0.1, 0.15) is 18.5 Å². The van der Waals surface area contributed by atoms with Crippen LogP contribution in [-0.4, -0.2) is 51.4 Å². The summed E-state index contributed by atoms with van der Waals surface area (Å²) < 4.78 is 20.8. The molecule has 1 atom stereocenters. The maximum absolute atomic E-state index is 9.72. The molecule has 0 saturated heterocycles. The van der Waals surface area contributed by atoms with Crippen molar-refractivity contribution >= 4 is 0 Å². The lowest BCUT2D eigenvalue weighted by Crippen LogP contribution is -2.33. The normalized spacial score (nSPS) is 14.4. The van der Waals surface area contributed by atoms with Crippen LogP contribution in [0.2, 0.25) is 0 Å². The van der Waals surface area contributed by atoms with E-state index in [9.17, 15) is 5.11 Å². The molecule has 6 heteroatoms. The van der Waals surface area contributed by atoms with Crippen molar-refractivity contribution < 1.29 is 24.1 Å². The first-order chi connectivity index (χ1) is 9.29. The lowest BCUT2D eigenvalue weighted by Gasteiger charge is -2.13. The van der Waals surface area contributed by atoms with E-state index in [0.717, 1.165) is 0 Å². The molecule has 0 amide bonds. The zero-order valence-corrected chi connectivity index (χ0v) is 10.9. The van der Waals surface area contributed by atoms with Crippen LogP contribution in [0.4, 0.5) is 0 Å². The van der Waals surface area contributed by atoms with Crippen molar-refractivity contribution in [2.45, 2.75) is 6.10 Å². The van der Waals surface area contributed by atoms with Crippen molar-refractivity contribution in [3.05, 3.63) is 18.2 Å². The molecule has 0 bridgehead atoms. The Kier molecular flexibility index (Phi) is 5.26. The molecule has 1 aromatic rings. The average Bonchev–Trinajstić information content (AvgIpc) is 2.89. The minimum atomic E-state index is -0.567. The van der Waals surface area contributed by atoms with Crippen molar-refractivity contribution in [2.75, 3.05) is 40.2 Å². The van der Waals surface area contributed by atoms with Gasteiger partial charge >= 0.3 is 0 Å². The van der Waals surface area contributed by atoms with Crippen LogP contribution in [0, 0.1) is 0 Å². The highest BCUT2D eigenvalue weighted by molar-refractivity contribution is 5.46. The first-order valence-corrected chi connectivity index (χ1v) is 6.20. The largest absolute Gasteiger partial charge is 0.491 e. The van der Waals surface area contributed by atoms with E-state index in [4.69, 9.17) is 18.9 Å². The molecule has 0 saturated carbocycles. The Labute approximate surface area is 112 Å². The van der Waals surface area contributed by atoms with E-state index >= 15 is 0 Å². The van der Waals surface area contributed by atoms with Crippen molar-refractivity contribution in [3.8, 4) is 17.2 Å². The van der Waals surface area contributed by atoms with Crippen LogP contribution < -0.4 is 19.5 Å². The molecule has 0 radical (unpaired) electrons. The lowest BCUT2D eigenvalue weighted by atomic mass is 10.3. The number of rotatable bonds is 8. The summed E-state index contributed by atoms with van der Waals surface area (Å²) in [5, 5.41) is 12.8. The zero-order chi connectivity index (χ0) is 13.5. The third kappa shape index (κ3) is 4.27. The molecule has 2 rings (SSSR count). The number of aliphatic hydroxyl groups is 1. The van der Waals surface area contributed by atoms with Gasteiger partial charge in [0.05, 0.1) is 6.61 Å². The first-order valence-electron chi connectivity index (χ1n) is 6.20. The highest BCUT2D eigenvalue weighted by Gasteiger charge is 2.14. The Morgan fingerprint density at radius 2 is 2.21 bits per heavy atom. The summed E-state index contributed by atoms with van der Waals surface area (Å²) >= 11 is 0. The summed E-state index contributed by atoms with van der Waals surface area (Å²) in [6, 6.07) is 5.34. The van der Waals surface area contributed by atoms with Gasteiger partial charge in [-0.15, -0.1) is 0 Å². The second-order valence-corrected chi connectivity index (χ2v) is 4.18. The van der Waals surface area contributed by atoms with Crippen molar-refractivity contribution in [1.82, 2.24) is 5.32 Å². The van der Waals surface area contributed by atoms with Gasteiger partial charge in [0.2, 0.25) is 6.79 Å². The van der Waals surface area contributed by atoms with Gasteiger partial charge in [-0.05, 0) is 12.1 Å². The quantitative estimate of drug-likeness (QED) is 0.665. The van der Waals surface area contributed by atoms with Crippen LogP contribution in [0.3, 0.4) is 0 Å². The summed E-state index contributed by atoms with van der Waals surface area (Å²) in [4.78, 5) is 0. The Balaban J connectivity index is 1.70. The highest BCUT2D eigenvalue weighted by atomic mass is 16.7. The molecule has 1 aliphatic heterocycles. The molecule has 1 heterocycles. The van der Waals surface area contributed by atoms with E-state index in [-0.39, 0.29) is 13.4 Å². The fraction of sp³-hybridized carbons (Fsp3) is 0.538. The molecule has 6 nitrogen and oxygen atoms in total. The van der Waals surface area contributed by atoms with Gasteiger partial charge in [-0.3, -0.25) is 0 Å². The summed E-state index contributed by atoms with van der Waals surface area (Å²) in [5.74, 6) is 2.04. The summed E-state index contributed by atoms with van der Waals surface area (Å²) in [7, 11) is 1.64. The number of benzene rings is 1. The van der Waals surface area contributed by atoms with Crippen LogP contribution >= 0.6 is 0 Å². The minimum Gasteiger partial charge on any atom is -0.491 e. The maximum atomic E-state index is 9.72. The van der Waals surface area contributed by atoms with Crippen LogP contribution in [0.25, 0.3) is 0 Å². The molecular formula is C13H19NO5. The van der Waals surface area contributed by atoms with E-state index in [2.05, 4.69) is 5.32 Å². The fourth-order valence-corrected chi connectivity index (χ4v) is 1.66. The van der Waals surface area contributed by atoms with Gasteiger partial charge in [0.15, 0.2) is 11.5 Å². The Morgan fingerprint density at radius 3 is 3.05 bits per heavy atom. The Bertz CT molecular complexity index is 399. The van der Waals surface area contributed by atoms with E-state index in [1.165, 1.54) is 0 Å². The van der Waals surface area contributed by atoms with Gasteiger partial charge in [-0.2, -0.15) is 0 Å². The van der Waals surface area contributed by atoms with Gasteiger partial charge < -0.3 is 29.4 Å². The molecule has 1 aromatic carbocycles. The van der Waals surface area contributed by atoms with Crippen LogP contribution in [-0.2, 0) is 4.74 Å². The van der Waals surface area contributed by atoms with Gasteiger partial charge in [-0.25, -0.2) is 0 Å². The predicted molar refractivity (Wildman–Crippen MR) is 68.8 cm³/mol. The SMILES string of the molecule is COCCNCC(O)COc1ccc2c(c1)OCO2. The predicted octanol–water partition coefficient (Wildman–Crippen LogP) is 0.391.